The monoisotopic (exact) mass is 422 g/mol. The highest BCUT2D eigenvalue weighted by molar-refractivity contribution is 7.13. The Morgan fingerprint density at radius 3 is 2.80 bits per heavy atom. The third kappa shape index (κ3) is 4.02. The van der Waals surface area contributed by atoms with E-state index in [9.17, 15) is 9.59 Å². The van der Waals surface area contributed by atoms with Gasteiger partial charge in [-0.25, -0.2) is 14.6 Å². The fourth-order valence-electron chi connectivity index (χ4n) is 3.38. The molecule has 3 aromatic heterocycles. The summed E-state index contributed by atoms with van der Waals surface area (Å²) in [7, 11) is 0. The predicted molar refractivity (Wildman–Crippen MR) is 116 cm³/mol. The van der Waals surface area contributed by atoms with Crippen LogP contribution in [-0.2, 0) is 13.1 Å². The lowest BCUT2D eigenvalue weighted by atomic mass is 10.1. The van der Waals surface area contributed by atoms with Crippen LogP contribution in [0.1, 0.15) is 31.5 Å². The first kappa shape index (κ1) is 20.0. The fraction of sp³-hybridized carbons (Fsp3) is 0.286. The number of thiazole rings is 1. The van der Waals surface area contributed by atoms with Crippen molar-refractivity contribution in [3.05, 3.63) is 73.8 Å². The minimum absolute atomic E-state index is 0.132. The predicted octanol–water partition coefficient (Wildman–Crippen LogP) is 2.45. The van der Waals surface area contributed by atoms with Crippen molar-refractivity contribution >= 4 is 28.3 Å². The van der Waals surface area contributed by atoms with Crippen molar-refractivity contribution in [1.29, 1.82) is 0 Å². The number of aromatic nitrogens is 5. The molecule has 8 nitrogen and oxygen atoms in total. The second-order valence-electron chi connectivity index (χ2n) is 7.17. The van der Waals surface area contributed by atoms with E-state index >= 15 is 0 Å². The number of amides is 1. The molecular weight excluding hydrogens is 400 g/mol. The first-order chi connectivity index (χ1) is 14.4. The molecular formula is C21H22N6O2S. The van der Waals surface area contributed by atoms with E-state index in [1.54, 1.807) is 15.6 Å². The van der Waals surface area contributed by atoms with E-state index in [1.807, 2.05) is 39.0 Å². The molecule has 154 valence electrons. The molecule has 9 heteroatoms. The molecule has 0 atom stereocenters. The van der Waals surface area contributed by atoms with Crippen LogP contribution >= 0.6 is 11.3 Å². The molecule has 1 aromatic carbocycles. The molecule has 3 heterocycles. The maximum atomic E-state index is 12.8. The molecule has 0 unspecified atom stereocenters. The zero-order chi connectivity index (χ0) is 21.3. The second kappa shape index (κ2) is 8.19. The molecule has 0 saturated heterocycles. The molecule has 0 aliphatic heterocycles. The molecule has 0 aliphatic rings. The minimum Gasteiger partial charge on any atom is -0.349 e. The first-order valence-electron chi connectivity index (χ1n) is 9.61. The van der Waals surface area contributed by atoms with E-state index in [0.29, 0.717) is 35.5 Å². The van der Waals surface area contributed by atoms with E-state index in [1.165, 1.54) is 17.5 Å². The summed E-state index contributed by atoms with van der Waals surface area (Å²) >= 11 is 1.38. The molecule has 1 amide bonds. The normalized spacial score (nSPS) is 11.2. The Labute approximate surface area is 177 Å². The Bertz CT molecular complexity index is 1290. The van der Waals surface area contributed by atoms with E-state index in [2.05, 4.69) is 26.4 Å². The Morgan fingerprint density at radius 2 is 2.07 bits per heavy atom. The average Bonchev–Trinajstić information content (AvgIpc) is 3.27. The number of nitrogens with zero attached hydrogens (tertiary/aromatic N) is 5. The van der Waals surface area contributed by atoms with E-state index in [-0.39, 0.29) is 11.5 Å². The van der Waals surface area contributed by atoms with E-state index < -0.39 is 0 Å². The summed E-state index contributed by atoms with van der Waals surface area (Å²) in [6.45, 7) is 6.97. The summed E-state index contributed by atoms with van der Waals surface area (Å²) in [5.41, 5.74) is 3.30. The maximum Gasteiger partial charge on any atom is 0.264 e. The van der Waals surface area contributed by atoms with Crippen molar-refractivity contribution in [2.75, 3.05) is 6.54 Å². The SMILES string of the molecule is Cc1cccc(Cn2cnc3c(cnn3CCNC(=O)c3sc(C)nc3C)c2=O)c1. The van der Waals surface area contributed by atoms with Crippen LogP contribution in [0.3, 0.4) is 0 Å². The van der Waals surface area contributed by atoms with Gasteiger partial charge in [0.1, 0.15) is 16.6 Å². The smallest absolute Gasteiger partial charge is 0.264 e. The van der Waals surface area contributed by atoms with Crippen molar-refractivity contribution in [3.63, 3.8) is 0 Å². The minimum atomic E-state index is -0.150. The standard InChI is InChI=1S/C21H22N6O2S/c1-13-5-4-6-16(9-13)11-26-12-23-19-17(21(26)29)10-24-27(19)8-7-22-20(28)18-14(2)25-15(3)30-18/h4-6,9-10,12H,7-8,11H2,1-3H3,(H,22,28). The number of hydrogen-bond acceptors (Lipinski definition) is 6. The third-order valence-electron chi connectivity index (χ3n) is 4.78. The number of fused-ring (bicyclic) bond motifs is 1. The van der Waals surface area contributed by atoms with Crippen LogP contribution in [0, 0.1) is 20.8 Å². The van der Waals surface area contributed by atoms with Gasteiger partial charge >= 0.3 is 0 Å². The van der Waals surface area contributed by atoms with Gasteiger partial charge in [0.2, 0.25) is 0 Å². The van der Waals surface area contributed by atoms with Gasteiger partial charge in [-0.15, -0.1) is 11.3 Å². The Morgan fingerprint density at radius 1 is 1.23 bits per heavy atom. The molecule has 4 rings (SSSR count). The lowest BCUT2D eigenvalue weighted by molar-refractivity contribution is 0.0955. The zero-order valence-corrected chi connectivity index (χ0v) is 17.9. The number of carbonyl (C=O) groups is 1. The highest BCUT2D eigenvalue weighted by atomic mass is 32.1. The van der Waals surface area contributed by atoms with Crippen molar-refractivity contribution in [2.45, 2.75) is 33.9 Å². The Hall–Kier alpha value is -3.33. The van der Waals surface area contributed by atoms with Crippen molar-refractivity contribution in [3.8, 4) is 0 Å². The quantitative estimate of drug-likeness (QED) is 0.515. The molecule has 0 fully saturated rings. The third-order valence-corrected chi connectivity index (χ3v) is 5.85. The van der Waals surface area contributed by atoms with Gasteiger partial charge in [-0.1, -0.05) is 29.8 Å². The number of nitrogens with one attached hydrogen (secondary N) is 1. The van der Waals surface area contributed by atoms with Crippen molar-refractivity contribution in [1.82, 2.24) is 29.6 Å². The van der Waals surface area contributed by atoms with Gasteiger partial charge < -0.3 is 5.32 Å². The molecule has 0 aliphatic carbocycles. The Balaban J connectivity index is 1.47. The number of hydrogen-bond donors (Lipinski definition) is 1. The largest absolute Gasteiger partial charge is 0.349 e. The number of rotatable bonds is 6. The van der Waals surface area contributed by atoms with E-state index in [0.717, 1.165) is 21.8 Å². The molecule has 30 heavy (non-hydrogen) atoms. The van der Waals surface area contributed by atoms with Crippen LogP contribution in [0.25, 0.3) is 11.0 Å². The van der Waals surface area contributed by atoms with E-state index in [4.69, 9.17) is 0 Å². The summed E-state index contributed by atoms with van der Waals surface area (Å²) in [6, 6.07) is 8.04. The van der Waals surface area contributed by atoms with Crippen molar-refractivity contribution in [2.24, 2.45) is 0 Å². The molecule has 0 spiro atoms. The van der Waals surface area contributed by atoms with Crippen LogP contribution < -0.4 is 10.9 Å². The van der Waals surface area contributed by atoms with Crippen molar-refractivity contribution < 1.29 is 4.79 Å². The highest BCUT2D eigenvalue weighted by Crippen LogP contribution is 2.16. The lowest BCUT2D eigenvalue weighted by Gasteiger charge is -2.08. The van der Waals surface area contributed by atoms with Crippen LogP contribution in [0.15, 0.2) is 41.6 Å². The molecule has 4 aromatic rings. The first-order valence-corrected chi connectivity index (χ1v) is 10.4. The van der Waals surface area contributed by atoms with Gasteiger partial charge in [0.25, 0.3) is 11.5 Å². The molecule has 0 radical (unpaired) electrons. The van der Waals surface area contributed by atoms with Crippen LogP contribution in [0.5, 0.6) is 0 Å². The summed E-state index contributed by atoms with van der Waals surface area (Å²) in [6.07, 6.45) is 3.09. The topological polar surface area (TPSA) is 94.7 Å². The fourth-order valence-corrected chi connectivity index (χ4v) is 4.21. The molecule has 0 saturated carbocycles. The molecule has 1 N–H and O–H groups in total. The molecule has 0 bridgehead atoms. The van der Waals surface area contributed by atoms with Crippen LogP contribution in [-0.4, -0.2) is 36.8 Å². The van der Waals surface area contributed by atoms with Crippen LogP contribution in [0.2, 0.25) is 0 Å². The lowest BCUT2D eigenvalue weighted by Crippen LogP contribution is -2.27. The zero-order valence-electron chi connectivity index (χ0n) is 17.0. The van der Waals surface area contributed by atoms with Gasteiger partial charge in [0.05, 0.1) is 30.0 Å². The second-order valence-corrected chi connectivity index (χ2v) is 8.38. The maximum absolute atomic E-state index is 12.8. The number of carbonyl (C=O) groups excluding carboxylic acids is 1. The highest BCUT2D eigenvalue weighted by Gasteiger charge is 2.14. The summed E-state index contributed by atoms with van der Waals surface area (Å²) < 4.78 is 3.22. The van der Waals surface area contributed by atoms with Gasteiger partial charge in [0.15, 0.2) is 5.65 Å². The van der Waals surface area contributed by atoms with Gasteiger partial charge in [-0.3, -0.25) is 14.2 Å². The number of benzene rings is 1. The van der Waals surface area contributed by atoms with Gasteiger partial charge in [-0.05, 0) is 26.3 Å². The van der Waals surface area contributed by atoms with Gasteiger partial charge in [-0.2, -0.15) is 5.10 Å². The van der Waals surface area contributed by atoms with Crippen LogP contribution in [0.4, 0.5) is 0 Å². The summed E-state index contributed by atoms with van der Waals surface area (Å²) in [5.74, 6) is -0.150. The summed E-state index contributed by atoms with van der Waals surface area (Å²) in [5, 5.41) is 8.50. The summed E-state index contributed by atoms with van der Waals surface area (Å²) in [4.78, 5) is 34.5. The van der Waals surface area contributed by atoms with Gasteiger partial charge in [0, 0.05) is 6.54 Å². The number of aryl methyl sites for hydroxylation is 3. The Kier molecular flexibility index (Phi) is 5.45. The average molecular weight is 423 g/mol.